The molecule has 5 nitrogen and oxygen atoms in total. The number of fused-ring (bicyclic) bond motifs is 2. The van der Waals surface area contributed by atoms with E-state index in [4.69, 9.17) is 4.74 Å². The average molecular weight is 491 g/mol. The molecule has 0 bridgehead atoms. The molecule has 0 amide bonds. The summed E-state index contributed by atoms with van der Waals surface area (Å²) in [6, 6.07) is 0. The summed E-state index contributed by atoms with van der Waals surface area (Å²) in [5.41, 5.74) is -1.35. The molecule has 6 fully saturated rings. The molecule has 0 aromatic heterocycles. The van der Waals surface area contributed by atoms with Crippen LogP contribution in [0.5, 0.6) is 0 Å². The molecule has 0 aromatic rings. The molecule has 5 aliphatic carbocycles. The van der Waals surface area contributed by atoms with Crippen molar-refractivity contribution in [3.05, 3.63) is 0 Å². The summed E-state index contributed by atoms with van der Waals surface area (Å²) in [4.78, 5) is 0. The Balaban J connectivity index is 1.37. The van der Waals surface area contributed by atoms with Gasteiger partial charge in [-0.1, -0.05) is 27.7 Å². The van der Waals surface area contributed by atoms with Gasteiger partial charge in [0.2, 0.25) is 0 Å². The summed E-state index contributed by atoms with van der Waals surface area (Å²) in [6.45, 7) is 15.0. The molecule has 1 heterocycles. The van der Waals surface area contributed by atoms with Crippen LogP contribution in [-0.2, 0) is 4.74 Å². The van der Waals surface area contributed by atoms with E-state index in [2.05, 4.69) is 34.6 Å². The monoisotopic (exact) mass is 490 g/mol. The maximum atomic E-state index is 11.7. The van der Waals surface area contributed by atoms with Crippen molar-refractivity contribution in [3.63, 3.8) is 0 Å². The van der Waals surface area contributed by atoms with Crippen LogP contribution in [0.25, 0.3) is 0 Å². The van der Waals surface area contributed by atoms with Crippen molar-refractivity contribution < 1.29 is 25.2 Å². The van der Waals surface area contributed by atoms with Crippen LogP contribution in [0.1, 0.15) is 106 Å². The molecule has 6 rings (SSSR count). The van der Waals surface area contributed by atoms with Gasteiger partial charge in [0.25, 0.3) is 0 Å². The highest BCUT2D eigenvalue weighted by Gasteiger charge is 2.84. The first-order valence-corrected chi connectivity index (χ1v) is 14.4. The van der Waals surface area contributed by atoms with Crippen LogP contribution in [0.15, 0.2) is 0 Å². The number of aliphatic hydroxyl groups is 4. The van der Waals surface area contributed by atoms with E-state index in [1.807, 2.05) is 13.8 Å². The molecule has 35 heavy (non-hydrogen) atoms. The van der Waals surface area contributed by atoms with Crippen LogP contribution < -0.4 is 0 Å². The normalized spacial score (nSPS) is 60.9. The minimum atomic E-state index is -0.886. The first kappa shape index (κ1) is 25.1. The van der Waals surface area contributed by atoms with Gasteiger partial charge in [-0.2, -0.15) is 0 Å². The molecule has 5 saturated carbocycles. The lowest BCUT2D eigenvalue weighted by Crippen LogP contribution is -2.62. The third-order valence-electron chi connectivity index (χ3n) is 13.8. The van der Waals surface area contributed by atoms with Crippen molar-refractivity contribution in [2.45, 2.75) is 142 Å². The van der Waals surface area contributed by atoms with Gasteiger partial charge in [-0.25, -0.2) is 0 Å². The molecule has 2 spiro atoms. The molecule has 6 aliphatic rings. The van der Waals surface area contributed by atoms with Crippen molar-refractivity contribution in [2.24, 2.45) is 44.8 Å². The van der Waals surface area contributed by atoms with E-state index >= 15 is 0 Å². The summed E-state index contributed by atoms with van der Waals surface area (Å²) in [6.07, 6.45) is 7.18. The maximum absolute atomic E-state index is 11.7. The fraction of sp³-hybridized carbons (Fsp3) is 1.00. The SMILES string of the molecule is CC(C)(O)[C@@H]1CC[C@](C)([C@H]2[C@@H](O)C[C@@]3(C)C4C[C@H](O)[C@H]5C(C)(C)[C@@H](O)CC[C@@]56CC46CC[C@]23C)O1. The van der Waals surface area contributed by atoms with E-state index in [0.29, 0.717) is 5.92 Å². The molecule has 1 aliphatic heterocycles. The molecular weight excluding hydrogens is 440 g/mol. The van der Waals surface area contributed by atoms with Crippen LogP contribution in [0.4, 0.5) is 0 Å². The summed E-state index contributed by atoms with van der Waals surface area (Å²) in [5.74, 6) is 0.577. The predicted molar refractivity (Wildman–Crippen MR) is 134 cm³/mol. The van der Waals surface area contributed by atoms with Gasteiger partial charge in [0.05, 0.1) is 35.6 Å². The van der Waals surface area contributed by atoms with E-state index in [0.717, 1.165) is 51.4 Å². The van der Waals surface area contributed by atoms with Gasteiger partial charge < -0.3 is 25.2 Å². The second-order valence-electron chi connectivity index (χ2n) is 15.9. The second kappa shape index (κ2) is 6.86. The lowest BCUT2D eigenvalue weighted by Gasteiger charge is -2.64. The van der Waals surface area contributed by atoms with Gasteiger partial charge in [-0.05, 0) is 117 Å². The Bertz CT molecular complexity index is 911. The highest BCUT2D eigenvalue weighted by atomic mass is 16.5. The lowest BCUT2D eigenvalue weighted by atomic mass is 9.41. The quantitative estimate of drug-likeness (QED) is 0.460. The van der Waals surface area contributed by atoms with Crippen LogP contribution in [0.3, 0.4) is 0 Å². The summed E-state index contributed by atoms with van der Waals surface area (Å²) in [7, 11) is 0. The number of hydrogen-bond acceptors (Lipinski definition) is 5. The van der Waals surface area contributed by atoms with Crippen LogP contribution in [-0.4, -0.2) is 56.0 Å². The molecule has 0 radical (unpaired) electrons. The number of rotatable bonds is 2. The van der Waals surface area contributed by atoms with E-state index in [1.165, 1.54) is 6.42 Å². The predicted octanol–water partition coefficient (Wildman–Crippen LogP) is 4.44. The number of aliphatic hydroxyl groups excluding tert-OH is 3. The average Bonchev–Trinajstić information content (AvgIpc) is 3.08. The number of ether oxygens (including phenoxy) is 1. The summed E-state index contributed by atoms with van der Waals surface area (Å²) in [5, 5.41) is 45.0. The fourth-order valence-corrected chi connectivity index (χ4v) is 12.1. The van der Waals surface area contributed by atoms with Crippen LogP contribution >= 0.6 is 0 Å². The van der Waals surface area contributed by atoms with Gasteiger partial charge in [0.15, 0.2) is 0 Å². The van der Waals surface area contributed by atoms with E-state index in [-0.39, 0.29) is 51.1 Å². The third-order valence-corrected chi connectivity index (χ3v) is 13.8. The van der Waals surface area contributed by atoms with E-state index < -0.39 is 23.4 Å². The Hall–Kier alpha value is -0.200. The van der Waals surface area contributed by atoms with Crippen LogP contribution in [0.2, 0.25) is 0 Å². The first-order valence-electron chi connectivity index (χ1n) is 14.4. The second-order valence-corrected chi connectivity index (χ2v) is 15.9. The van der Waals surface area contributed by atoms with Crippen molar-refractivity contribution in [2.75, 3.05) is 0 Å². The molecule has 5 heteroatoms. The Morgan fingerprint density at radius 3 is 2.09 bits per heavy atom. The van der Waals surface area contributed by atoms with Crippen molar-refractivity contribution in [1.82, 2.24) is 0 Å². The van der Waals surface area contributed by atoms with Gasteiger partial charge >= 0.3 is 0 Å². The van der Waals surface area contributed by atoms with Gasteiger partial charge in [0, 0.05) is 5.92 Å². The first-order chi connectivity index (χ1) is 16.0. The third kappa shape index (κ3) is 2.78. The van der Waals surface area contributed by atoms with Gasteiger partial charge in [0.1, 0.15) is 0 Å². The Labute approximate surface area is 212 Å². The Morgan fingerprint density at radius 1 is 0.771 bits per heavy atom. The fourth-order valence-electron chi connectivity index (χ4n) is 12.1. The largest absolute Gasteiger partial charge is 0.393 e. The zero-order chi connectivity index (χ0) is 25.6. The Kier molecular flexibility index (Phi) is 4.92. The highest BCUT2D eigenvalue weighted by molar-refractivity contribution is 5.33. The molecule has 1 saturated heterocycles. The summed E-state index contributed by atoms with van der Waals surface area (Å²) >= 11 is 0. The zero-order valence-electron chi connectivity index (χ0n) is 23.1. The molecular formula is C30H50O5. The van der Waals surface area contributed by atoms with Gasteiger partial charge in [-0.3, -0.25) is 0 Å². The van der Waals surface area contributed by atoms with Crippen molar-refractivity contribution >= 4 is 0 Å². The van der Waals surface area contributed by atoms with Crippen molar-refractivity contribution in [1.29, 1.82) is 0 Å². The molecule has 2 unspecified atom stereocenters. The molecule has 4 N–H and O–H groups in total. The van der Waals surface area contributed by atoms with E-state index in [1.54, 1.807) is 0 Å². The topological polar surface area (TPSA) is 90.2 Å². The van der Waals surface area contributed by atoms with E-state index in [9.17, 15) is 20.4 Å². The minimum Gasteiger partial charge on any atom is -0.393 e. The molecule has 12 atom stereocenters. The minimum absolute atomic E-state index is 0.0267. The highest BCUT2D eigenvalue weighted by Crippen LogP contribution is 2.89. The molecule has 0 aromatic carbocycles. The lowest BCUT2D eigenvalue weighted by molar-refractivity contribution is -0.213. The number of hydrogen-bond donors (Lipinski definition) is 4. The maximum Gasteiger partial charge on any atom is 0.0865 e. The molecule has 200 valence electrons. The standard InChI is InChI=1S/C30H50O5/c1-24(2)20(33)8-11-30-16-29(30)13-12-26(5)23(28(7)10-9-21(35-28)25(3,4)34)18(32)15-27(26,6)19(29)14-17(31)22(24)30/h17-23,31-34H,8-16H2,1-7H3/t17-,18-,19?,20-,21-,22-,23-,26+,27-,28+,29?,30+/m0/s1. The zero-order valence-corrected chi connectivity index (χ0v) is 23.1. The van der Waals surface area contributed by atoms with Gasteiger partial charge in [-0.15, -0.1) is 0 Å². The Morgan fingerprint density at radius 2 is 1.46 bits per heavy atom. The van der Waals surface area contributed by atoms with Crippen molar-refractivity contribution in [3.8, 4) is 0 Å². The summed E-state index contributed by atoms with van der Waals surface area (Å²) < 4.78 is 6.66. The smallest absolute Gasteiger partial charge is 0.0865 e. The van der Waals surface area contributed by atoms with Crippen LogP contribution in [0, 0.1) is 44.8 Å².